The van der Waals surface area contributed by atoms with Crippen molar-refractivity contribution in [3.05, 3.63) is 59.4 Å². The van der Waals surface area contributed by atoms with E-state index in [-0.39, 0.29) is 12.5 Å². The summed E-state index contributed by atoms with van der Waals surface area (Å²) < 4.78 is 0. The van der Waals surface area contributed by atoms with E-state index in [2.05, 4.69) is 10.3 Å². The van der Waals surface area contributed by atoms with Gasteiger partial charge in [-0.1, -0.05) is 12.1 Å². The number of nitrogens with zero attached hydrogens (tertiary/aromatic N) is 1. The van der Waals surface area contributed by atoms with Crippen LogP contribution in [0.3, 0.4) is 0 Å². The normalized spacial score (nSPS) is 13.4. The molecule has 3 rings (SSSR count). The maximum absolute atomic E-state index is 12.1. The number of fused-ring (bicyclic) bond motifs is 1. The van der Waals surface area contributed by atoms with E-state index in [1.807, 2.05) is 18.5 Å². The fourth-order valence-electron chi connectivity index (χ4n) is 2.44. The molecular formula is C16H15N3O3. The Kier molecular flexibility index (Phi) is 3.74. The zero-order valence-electron chi connectivity index (χ0n) is 11.8. The minimum Gasteiger partial charge on any atom is -0.367 e. The molecule has 0 bridgehead atoms. The highest BCUT2D eigenvalue weighted by atomic mass is 16.2. The van der Waals surface area contributed by atoms with Crippen molar-refractivity contribution in [2.75, 3.05) is 13.1 Å². The number of nitrogens with one attached hydrogen (secondary N) is 2. The lowest BCUT2D eigenvalue weighted by molar-refractivity contribution is -0.121. The summed E-state index contributed by atoms with van der Waals surface area (Å²) in [6.07, 6.45) is 4.36. The van der Waals surface area contributed by atoms with Crippen LogP contribution in [0.2, 0.25) is 0 Å². The second-order valence-electron chi connectivity index (χ2n) is 5.06. The number of amides is 3. The highest BCUT2D eigenvalue weighted by Gasteiger charge is 2.36. The molecule has 0 saturated heterocycles. The molecule has 112 valence electrons. The van der Waals surface area contributed by atoms with Crippen molar-refractivity contribution in [1.82, 2.24) is 15.2 Å². The van der Waals surface area contributed by atoms with Crippen LogP contribution >= 0.6 is 0 Å². The fourth-order valence-corrected chi connectivity index (χ4v) is 2.44. The lowest BCUT2D eigenvalue weighted by atomic mass is 10.1. The van der Waals surface area contributed by atoms with Gasteiger partial charge >= 0.3 is 0 Å². The lowest BCUT2D eigenvalue weighted by Gasteiger charge is -2.13. The number of imide groups is 1. The third kappa shape index (κ3) is 2.63. The van der Waals surface area contributed by atoms with E-state index >= 15 is 0 Å². The van der Waals surface area contributed by atoms with Crippen LogP contribution in [-0.4, -0.2) is 40.7 Å². The van der Waals surface area contributed by atoms with Crippen LogP contribution in [0.15, 0.2) is 42.7 Å². The summed E-state index contributed by atoms with van der Waals surface area (Å²) in [6, 6.07) is 8.52. The molecule has 1 aromatic heterocycles. The van der Waals surface area contributed by atoms with Crippen LogP contribution in [0.4, 0.5) is 0 Å². The van der Waals surface area contributed by atoms with E-state index in [0.717, 1.165) is 10.5 Å². The third-order valence-corrected chi connectivity index (χ3v) is 3.58. The standard InChI is InChI=1S/C16H15N3O3/c20-14(18-8-6-11-5-7-17-9-11)10-19-15(21)12-3-1-2-4-13(12)16(19)22/h1-5,7,9,17H,6,8,10H2,(H,18,20). The van der Waals surface area contributed by atoms with Crippen molar-refractivity contribution in [1.29, 1.82) is 0 Å². The first-order chi connectivity index (χ1) is 10.7. The number of aromatic amines is 1. The Morgan fingerprint density at radius 3 is 2.36 bits per heavy atom. The number of benzene rings is 1. The number of hydrogen-bond donors (Lipinski definition) is 2. The highest BCUT2D eigenvalue weighted by molar-refractivity contribution is 6.22. The van der Waals surface area contributed by atoms with Crippen molar-refractivity contribution < 1.29 is 14.4 Å². The van der Waals surface area contributed by atoms with Crippen LogP contribution in [-0.2, 0) is 11.2 Å². The highest BCUT2D eigenvalue weighted by Crippen LogP contribution is 2.21. The van der Waals surface area contributed by atoms with Gasteiger partial charge in [0.15, 0.2) is 0 Å². The predicted octanol–water partition coefficient (Wildman–Crippen LogP) is 0.970. The quantitative estimate of drug-likeness (QED) is 0.807. The molecule has 22 heavy (non-hydrogen) atoms. The average molecular weight is 297 g/mol. The zero-order chi connectivity index (χ0) is 15.5. The summed E-state index contributed by atoms with van der Waals surface area (Å²) in [7, 11) is 0. The van der Waals surface area contributed by atoms with Crippen molar-refractivity contribution in [2.45, 2.75) is 6.42 Å². The summed E-state index contributed by atoms with van der Waals surface area (Å²) in [5, 5.41) is 2.72. The molecule has 2 heterocycles. The van der Waals surface area contributed by atoms with Gasteiger partial charge < -0.3 is 10.3 Å². The first-order valence-electron chi connectivity index (χ1n) is 7.00. The number of carbonyl (C=O) groups excluding carboxylic acids is 3. The number of rotatable bonds is 5. The smallest absolute Gasteiger partial charge is 0.262 e. The first kappa shape index (κ1) is 14.1. The number of hydrogen-bond acceptors (Lipinski definition) is 3. The Morgan fingerprint density at radius 2 is 1.77 bits per heavy atom. The molecule has 1 aliphatic rings. The number of aromatic nitrogens is 1. The third-order valence-electron chi connectivity index (χ3n) is 3.58. The number of carbonyl (C=O) groups is 3. The van der Waals surface area contributed by atoms with E-state index in [4.69, 9.17) is 0 Å². The monoisotopic (exact) mass is 297 g/mol. The maximum atomic E-state index is 12.1. The largest absolute Gasteiger partial charge is 0.367 e. The topological polar surface area (TPSA) is 82.3 Å². The molecule has 6 heteroatoms. The van der Waals surface area contributed by atoms with Crippen molar-refractivity contribution >= 4 is 17.7 Å². The van der Waals surface area contributed by atoms with E-state index in [0.29, 0.717) is 24.1 Å². The maximum Gasteiger partial charge on any atom is 0.262 e. The van der Waals surface area contributed by atoms with Crippen LogP contribution in [0, 0.1) is 0 Å². The van der Waals surface area contributed by atoms with Gasteiger partial charge in [-0.05, 0) is 30.2 Å². The van der Waals surface area contributed by atoms with E-state index < -0.39 is 11.8 Å². The molecule has 0 saturated carbocycles. The average Bonchev–Trinajstić information content (AvgIpc) is 3.11. The molecule has 3 amide bonds. The number of H-pyrrole nitrogens is 1. The molecule has 0 aliphatic carbocycles. The molecule has 6 nitrogen and oxygen atoms in total. The molecule has 0 radical (unpaired) electrons. The van der Waals surface area contributed by atoms with Gasteiger partial charge in [-0.3, -0.25) is 19.3 Å². The van der Waals surface area contributed by atoms with Crippen LogP contribution in [0.25, 0.3) is 0 Å². The van der Waals surface area contributed by atoms with Gasteiger partial charge in [0.05, 0.1) is 11.1 Å². The molecule has 0 spiro atoms. The van der Waals surface area contributed by atoms with Crippen molar-refractivity contribution in [3.63, 3.8) is 0 Å². The van der Waals surface area contributed by atoms with Gasteiger partial charge in [0.25, 0.3) is 11.8 Å². The van der Waals surface area contributed by atoms with Crippen LogP contribution in [0.5, 0.6) is 0 Å². The van der Waals surface area contributed by atoms with Crippen LogP contribution in [0.1, 0.15) is 26.3 Å². The molecule has 2 N–H and O–H groups in total. The Labute approximate surface area is 127 Å². The Morgan fingerprint density at radius 1 is 1.09 bits per heavy atom. The Balaban J connectivity index is 1.56. The van der Waals surface area contributed by atoms with E-state index in [9.17, 15) is 14.4 Å². The molecule has 0 atom stereocenters. The van der Waals surface area contributed by atoms with Crippen LogP contribution < -0.4 is 5.32 Å². The summed E-state index contributed by atoms with van der Waals surface area (Å²) in [5.41, 5.74) is 1.79. The van der Waals surface area contributed by atoms with Gasteiger partial charge in [-0.2, -0.15) is 0 Å². The fraction of sp³-hybridized carbons (Fsp3) is 0.188. The second-order valence-corrected chi connectivity index (χ2v) is 5.06. The van der Waals surface area contributed by atoms with Crippen molar-refractivity contribution in [3.8, 4) is 0 Å². The summed E-state index contributed by atoms with van der Waals surface area (Å²) >= 11 is 0. The minimum absolute atomic E-state index is 0.251. The second kappa shape index (κ2) is 5.85. The molecule has 1 aromatic carbocycles. The Bertz CT molecular complexity index is 687. The van der Waals surface area contributed by atoms with Gasteiger partial charge in [0, 0.05) is 18.9 Å². The van der Waals surface area contributed by atoms with E-state index in [1.54, 1.807) is 24.3 Å². The van der Waals surface area contributed by atoms with Gasteiger partial charge in [0.1, 0.15) is 6.54 Å². The van der Waals surface area contributed by atoms with E-state index in [1.165, 1.54) is 0 Å². The summed E-state index contributed by atoms with van der Waals surface area (Å²) in [6.45, 7) is 0.208. The van der Waals surface area contributed by atoms with Gasteiger partial charge in [-0.15, -0.1) is 0 Å². The van der Waals surface area contributed by atoms with Gasteiger partial charge in [-0.25, -0.2) is 0 Å². The molecule has 1 aliphatic heterocycles. The van der Waals surface area contributed by atoms with Crippen molar-refractivity contribution in [2.24, 2.45) is 0 Å². The van der Waals surface area contributed by atoms with Gasteiger partial charge in [0.2, 0.25) is 5.91 Å². The SMILES string of the molecule is O=C(CN1C(=O)c2ccccc2C1=O)NCCc1cc[nH]c1. The Hall–Kier alpha value is -2.89. The molecule has 0 fully saturated rings. The molecule has 0 unspecified atom stereocenters. The summed E-state index contributed by atoms with van der Waals surface area (Å²) in [5.74, 6) is -1.17. The summed E-state index contributed by atoms with van der Waals surface area (Å²) in [4.78, 5) is 40.1. The lowest BCUT2D eigenvalue weighted by Crippen LogP contribution is -2.40. The molecular weight excluding hydrogens is 282 g/mol. The molecule has 2 aromatic rings. The predicted molar refractivity (Wildman–Crippen MR) is 79.3 cm³/mol. The zero-order valence-corrected chi connectivity index (χ0v) is 11.8. The first-order valence-corrected chi connectivity index (χ1v) is 7.00. The minimum atomic E-state index is -0.415.